The number of carbonyl (C=O) groups excluding carboxylic acids is 1. The fourth-order valence-electron chi connectivity index (χ4n) is 2.93. The van der Waals surface area contributed by atoms with Gasteiger partial charge in [-0.3, -0.25) is 4.79 Å². The Morgan fingerprint density at radius 1 is 1.29 bits per heavy atom. The maximum absolute atomic E-state index is 12.4. The predicted octanol–water partition coefficient (Wildman–Crippen LogP) is 3.40. The number of hydrogen-bond acceptors (Lipinski definition) is 8. The molecule has 1 amide bonds. The molecule has 0 unspecified atom stereocenters. The topological polar surface area (TPSA) is 127 Å². The molecule has 4 aromatic rings. The molecule has 9 nitrogen and oxygen atoms in total. The normalized spacial score (nSPS) is 10.7. The van der Waals surface area contributed by atoms with E-state index >= 15 is 0 Å². The lowest BCUT2D eigenvalue weighted by Gasteiger charge is -2.08. The van der Waals surface area contributed by atoms with Crippen LogP contribution in [-0.4, -0.2) is 36.2 Å². The Labute approximate surface area is 186 Å². The van der Waals surface area contributed by atoms with Crippen molar-refractivity contribution in [3.05, 3.63) is 53.5 Å². The molecule has 3 aromatic heterocycles. The highest BCUT2D eigenvalue weighted by Crippen LogP contribution is 2.27. The van der Waals surface area contributed by atoms with Crippen LogP contribution >= 0.6 is 23.1 Å². The van der Waals surface area contributed by atoms with Gasteiger partial charge in [0.25, 0.3) is 0 Å². The molecule has 3 N–H and O–H groups in total. The van der Waals surface area contributed by atoms with Crippen molar-refractivity contribution in [1.29, 1.82) is 5.26 Å². The van der Waals surface area contributed by atoms with Crippen LogP contribution in [-0.2, 0) is 11.3 Å². The second kappa shape index (κ2) is 9.03. The summed E-state index contributed by atoms with van der Waals surface area (Å²) in [6, 6.07) is 13.0. The van der Waals surface area contributed by atoms with E-state index in [0.29, 0.717) is 22.1 Å². The van der Waals surface area contributed by atoms with Crippen LogP contribution < -0.4 is 11.1 Å². The molecule has 0 fully saturated rings. The maximum Gasteiger partial charge on any atom is 0.234 e. The fourth-order valence-corrected chi connectivity index (χ4v) is 4.45. The summed E-state index contributed by atoms with van der Waals surface area (Å²) in [5.41, 5.74) is 7.57. The van der Waals surface area contributed by atoms with Gasteiger partial charge in [0.15, 0.2) is 11.0 Å². The lowest BCUT2D eigenvalue weighted by molar-refractivity contribution is -0.113. The number of benzene rings is 1. The summed E-state index contributed by atoms with van der Waals surface area (Å²) in [7, 11) is 0. The van der Waals surface area contributed by atoms with Gasteiger partial charge in [-0.05, 0) is 42.6 Å². The fraction of sp³-hybridized carbons (Fsp3) is 0.150. The summed E-state index contributed by atoms with van der Waals surface area (Å²) in [5.74, 6) is 1.15. The van der Waals surface area contributed by atoms with Crippen molar-refractivity contribution in [3.8, 4) is 22.5 Å². The molecule has 0 atom stereocenters. The molecule has 31 heavy (non-hydrogen) atoms. The Bertz CT molecular complexity index is 1240. The van der Waals surface area contributed by atoms with Crippen LogP contribution in [0, 0.1) is 11.3 Å². The van der Waals surface area contributed by atoms with Crippen LogP contribution in [0.2, 0.25) is 0 Å². The molecule has 0 spiro atoms. The van der Waals surface area contributed by atoms with Crippen molar-refractivity contribution in [3.63, 3.8) is 0 Å². The van der Waals surface area contributed by atoms with E-state index in [1.807, 2.05) is 35.1 Å². The number of nitrogens with two attached hydrogens (primary N) is 1. The zero-order chi connectivity index (χ0) is 21.8. The molecular formula is C20H18N8OS2. The smallest absolute Gasteiger partial charge is 0.234 e. The largest absolute Gasteiger partial charge is 0.382 e. The van der Waals surface area contributed by atoms with Crippen molar-refractivity contribution >= 4 is 40.5 Å². The average molecular weight is 451 g/mol. The van der Waals surface area contributed by atoms with Crippen molar-refractivity contribution in [2.45, 2.75) is 18.6 Å². The van der Waals surface area contributed by atoms with Gasteiger partial charge in [-0.1, -0.05) is 17.8 Å². The molecule has 0 aliphatic carbocycles. The van der Waals surface area contributed by atoms with Crippen LogP contribution in [0.1, 0.15) is 12.5 Å². The molecule has 1 aromatic carbocycles. The second-order valence-corrected chi connectivity index (χ2v) is 8.27. The zero-order valence-electron chi connectivity index (χ0n) is 16.5. The molecule has 0 saturated carbocycles. The molecule has 4 rings (SSSR count). The third-order valence-electron chi connectivity index (χ3n) is 4.43. The average Bonchev–Trinajstić information content (AvgIpc) is 3.52. The zero-order valence-corrected chi connectivity index (χ0v) is 18.2. The number of anilines is 2. The highest BCUT2D eigenvalue weighted by Gasteiger charge is 2.15. The van der Waals surface area contributed by atoms with Gasteiger partial charge in [0.05, 0.1) is 22.5 Å². The molecule has 0 radical (unpaired) electrons. The van der Waals surface area contributed by atoms with Gasteiger partial charge in [-0.25, -0.2) is 4.68 Å². The van der Waals surface area contributed by atoms with E-state index in [1.54, 1.807) is 35.6 Å². The quantitative estimate of drug-likeness (QED) is 0.413. The molecule has 156 valence electrons. The van der Waals surface area contributed by atoms with Gasteiger partial charge in [-0.15, -0.1) is 21.5 Å². The standard InChI is InChI=1S/C20H18N8OS2/c1-2-27-19(16-4-3-9-30-16)25-26-20(27)31-12-17(29)24-14-5-7-15(8-6-14)28-18(22)13(10-21)11-23-28/h3-9,11H,2,12,22H2,1H3,(H,24,29). The van der Waals surface area contributed by atoms with E-state index in [9.17, 15) is 4.79 Å². The Kier molecular flexibility index (Phi) is 6.01. The number of hydrogen-bond donors (Lipinski definition) is 2. The Morgan fingerprint density at radius 3 is 2.74 bits per heavy atom. The van der Waals surface area contributed by atoms with Crippen molar-refractivity contribution in [2.75, 3.05) is 16.8 Å². The minimum Gasteiger partial charge on any atom is -0.382 e. The highest BCUT2D eigenvalue weighted by molar-refractivity contribution is 7.99. The van der Waals surface area contributed by atoms with E-state index in [2.05, 4.69) is 20.6 Å². The van der Waals surface area contributed by atoms with Crippen molar-refractivity contribution in [1.82, 2.24) is 24.5 Å². The van der Waals surface area contributed by atoms with Crippen LogP contribution in [0.15, 0.2) is 53.1 Å². The number of rotatable bonds is 7. The number of thioether (sulfide) groups is 1. The summed E-state index contributed by atoms with van der Waals surface area (Å²) in [6.45, 7) is 2.74. The van der Waals surface area contributed by atoms with Crippen LogP contribution in [0.4, 0.5) is 11.5 Å². The number of nitriles is 1. The second-order valence-electron chi connectivity index (χ2n) is 6.38. The number of carbonyl (C=O) groups is 1. The highest BCUT2D eigenvalue weighted by atomic mass is 32.2. The molecule has 0 aliphatic heterocycles. The first-order valence-corrected chi connectivity index (χ1v) is 11.2. The van der Waals surface area contributed by atoms with E-state index in [-0.39, 0.29) is 17.5 Å². The summed E-state index contributed by atoms with van der Waals surface area (Å²) in [5, 5.41) is 27.2. The summed E-state index contributed by atoms with van der Waals surface area (Å²) >= 11 is 2.95. The van der Waals surface area contributed by atoms with Crippen molar-refractivity contribution in [2.24, 2.45) is 0 Å². The number of amides is 1. The van der Waals surface area contributed by atoms with E-state index < -0.39 is 0 Å². The molecule has 0 bridgehead atoms. The van der Waals surface area contributed by atoms with Gasteiger partial charge < -0.3 is 15.6 Å². The lowest BCUT2D eigenvalue weighted by Crippen LogP contribution is -2.14. The van der Waals surface area contributed by atoms with Crippen molar-refractivity contribution < 1.29 is 4.79 Å². The van der Waals surface area contributed by atoms with Crippen LogP contribution in [0.3, 0.4) is 0 Å². The first kappa shape index (κ1) is 20.6. The number of nitrogen functional groups attached to an aromatic ring is 1. The van der Waals surface area contributed by atoms with Gasteiger partial charge in [0, 0.05) is 12.2 Å². The Morgan fingerprint density at radius 2 is 2.10 bits per heavy atom. The van der Waals surface area contributed by atoms with E-state index in [1.165, 1.54) is 22.6 Å². The Balaban J connectivity index is 1.38. The van der Waals surface area contributed by atoms with E-state index in [4.69, 9.17) is 11.0 Å². The summed E-state index contributed by atoms with van der Waals surface area (Å²) in [4.78, 5) is 13.5. The molecule has 0 saturated heterocycles. The molecule has 3 heterocycles. The maximum atomic E-state index is 12.4. The third kappa shape index (κ3) is 4.30. The van der Waals surface area contributed by atoms with E-state index in [0.717, 1.165) is 17.2 Å². The van der Waals surface area contributed by atoms with Crippen LogP contribution in [0.5, 0.6) is 0 Å². The van der Waals surface area contributed by atoms with Gasteiger partial charge >= 0.3 is 0 Å². The third-order valence-corrected chi connectivity index (χ3v) is 6.26. The van der Waals surface area contributed by atoms with Crippen LogP contribution in [0.25, 0.3) is 16.4 Å². The SMILES string of the molecule is CCn1c(SCC(=O)Nc2ccc(-n3ncc(C#N)c3N)cc2)nnc1-c1cccs1. The molecule has 0 aliphatic rings. The number of nitrogens with zero attached hydrogens (tertiary/aromatic N) is 6. The molecular weight excluding hydrogens is 432 g/mol. The number of aromatic nitrogens is 5. The monoisotopic (exact) mass is 450 g/mol. The molecule has 11 heteroatoms. The number of thiophene rings is 1. The lowest BCUT2D eigenvalue weighted by atomic mass is 10.2. The minimum absolute atomic E-state index is 0.147. The predicted molar refractivity (Wildman–Crippen MR) is 121 cm³/mol. The van der Waals surface area contributed by atoms with Gasteiger partial charge in [-0.2, -0.15) is 10.4 Å². The van der Waals surface area contributed by atoms with Gasteiger partial charge in [0.2, 0.25) is 5.91 Å². The summed E-state index contributed by atoms with van der Waals surface area (Å²) in [6.07, 6.45) is 1.42. The first-order chi connectivity index (χ1) is 15.1. The Hall–Kier alpha value is -3.62. The first-order valence-electron chi connectivity index (χ1n) is 9.34. The van der Waals surface area contributed by atoms with Gasteiger partial charge in [0.1, 0.15) is 17.5 Å². The minimum atomic E-state index is -0.147. The number of nitrogens with one attached hydrogen (secondary N) is 1. The summed E-state index contributed by atoms with van der Waals surface area (Å²) < 4.78 is 3.48.